The Morgan fingerprint density at radius 2 is 1.83 bits per heavy atom. The zero-order valence-electron chi connectivity index (χ0n) is 17.2. The van der Waals surface area contributed by atoms with Crippen molar-refractivity contribution >= 4 is 15.7 Å². The summed E-state index contributed by atoms with van der Waals surface area (Å²) in [4.78, 5) is 8.97. The topological polar surface area (TPSA) is 71.4 Å². The number of benzene rings is 2. The van der Waals surface area contributed by atoms with Crippen LogP contribution in [0.4, 0.5) is 0 Å². The van der Waals surface area contributed by atoms with Gasteiger partial charge in [0.25, 0.3) is 0 Å². The lowest BCUT2D eigenvalue weighted by atomic mass is 9.91. The van der Waals surface area contributed by atoms with Crippen LogP contribution in [0.1, 0.15) is 35.1 Å². The van der Waals surface area contributed by atoms with E-state index in [4.69, 9.17) is 0 Å². The molecule has 2 heterocycles. The van der Waals surface area contributed by atoms with Gasteiger partial charge in [-0.05, 0) is 47.7 Å². The van der Waals surface area contributed by atoms with Gasteiger partial charge in [0.15, 0.2) is 0 Å². The Kier molecular flexibility index (Phi) is 5.79. The van der Waals surface area contributed by atoms with Crippen molar-refractivity contribution in [3.8, 4) is 11.1 Å². The van der Waals surface area contributed by atoms with Gasteiger partial charge < -0.3 is 0 Å². The number of aliphatic imine (C=N–C) groups is 1. The average Bonchev–Trinajstić information content (AvgIpc) is 3.11. The van der Waals surface area contributed by atoms with Crippen LogP contribution in [0.3, 0.4) is 0 Å². The van der Waals surface area contributed by atoms with Gasteiger partial charge in [0.2, 0.25) is 10.0 Å². The van der Waals surface area contributed by atoms with E-state index >= 15 is 0 Å². The van der Waals surface area contributed by atoms with Crippen molar-refractivity contribution in [1.82, 2.24) is 9.71 Å². The normalized spacial score (nSPS) is 14.3. The highest BCUT2D eigenvalue weighted by atomic mass is 32.2. The van der Waals surface area contributed by atoms with Gasteiger partial charge in [-0.3, -0.25) is 9.98 Å². The van der Waals surface area contributed by atoms with E-state index < -0.39 is 10.0 Å². The van der Waals surface area contributed by atoms with Gasteiger partial charge >= 0.3 is 0 Å². The van der Waals surface area contributed by atoms with Crippen LogP contribution >= 0.6 is 0 Å². The molecule has 5 nitrogen and oxygen atoms in total. The molecule has 0 aliphatic carbocycles. The first kappa shape index (κ1) is 20.4. The lowest BCUT2D eigenvalue weighted by Gasteiger charge is -2.18. The molecule has 1 aliphatic rings. The maximum atomic E-state index is 11.6. The van der Waals surface area contributed by atoms with Crippen molar-refractivity contribution in [2.75, 3.05) is 12.8 Å². The molecule has 0 saturated heterocycles. The Bertz CT molecular complexity index is 1190. The fourth-order valence-electron chi connectivity index (χ4n) is 3.85. The van der Waals surface area contributed by atoms with E-state index in [1.54, 1.807) is 0 Å². The highest BCUT2D eigenvalue weighted by Crippen LogP contribution is 2.28. The number of pyridine rings is 1. The molecule has 0 amide bonds. The number of aromatic nitrogens is 1. The molecular weight excluding hydrogens is 394 g/mol. The predicted molar refractivity (Wildman–Crippen MR) is 121 cm³/mol. The number of hydrogen-bond acceptors (Lipinski definition) is 4. The van der Waals surface area contributed by atoms with Gasteiger partial charge in [-0.1, -0.05) is 42.5 Å². The van der Waals surface area contributed by atoms with Crippen LogP contribution in [0.25, 0.3) is 11.1 Å². The first-order chi connectivity index (χ1) is 14.4. The second-order valence-corrected chi connectivity index (χ2v) is 9.62. The number of nitrogens with one attached hydrogen (secondary N) is 1. The van der Waals surface area contributed by atoms with Crippen molar-refractivity contribution in [3.63, 3.8) is 0 Å². The summed E-state index contributed by atoms with van der Waals surface area (Å²) in [6, 6.07) is 18.6. The molecule has 0 spiro atoms. The van der Waals surface area contributed by atoms with Crippen molar-refractivity contribution in [3.05, 3.63) is 89.2 Å². The Balaban J connectivity index is 1.60. The summed E-state index contributed by atoms with van der Waals surface area (Å²) in [6.07, 6.45) is 5.62. The standard InChI is InChI=1S/C24H25N3O2S/c1-17-24-12-20(8-9-21(24)15-26-17)22-10-18(13-25-14-22)11-23(16-27-30(2,28)29)19-6-4-3-5-7-19/h3-10,12-14,23,27H,11,15-16H2,1-2H3/t23-/m0/s1. The fraction of sp³-hybridized carbons (Fsp3) is 0.250. The molecule has 0 fully saturated rings. The maximum absolute atomic E-state index is 11.6. The van der Waals surface area contributed by atoms with Crippen molar-refractivity contribution in [2.24, 2.45) is 4.99 Å². The minimum absolute atomic E-state index is 0.0207. The van der Waals surface area contributed by atoms with Gasteiger partial charge in [0, 0.05) is 41.7 Å². The van der Waals surface area contributed by atoms with E-state index in [0.717, 1.165) is 34.5 Å². The highest BCUT2D eigenvalue weighted by molar-refractivity contribution is 7.88. The molecule has 0 unspecified atom stereocenters. The third-order valence-corrected chi connectivity index (χ3v) is 6.15. The lowest BCUT2D eigenvalue weighted by molar-refractivity contribution is 0.574. The van der Waals surface area contributed by atoms with Gasteiger partial charge in [-0.15, -0.1) is 0 Å². The van der Waals surface area contributed by atoms with E-state index in [-0.39, 0.29) is 5.92 Å². The molecular formula is C24H25N3O2S. The van der Waals surface area contributed by atoms with Gasteiger partial charge in [-0.25, -0.2) is 13.1 Å². The molecule has 154 valence electrons. The largest absolute Gasteiger partial charge is 0.285 e. The molecule has 0 radical (unpaired) electrons. The number of rotatable bonds is 7. The van der Waals surface area contributed by atoms with Gasteiger partial charge in [0.1, 0.15) is 0 Å². The van der Waals surface area contributed by atoms with Gasteiger partial charge in [0.05, 0.1) is 12.8 Å². The number of nitrogens with zero attached hydrogens (tertiary/aromatic N) is 2. The molecule has 1 aromatic heterocycles. The first-order valence-electron chi connectivity index (χ1n) is 9.97. The zero-order chi connectivity index (χ0) is 21.1. The molecule has 2 aromatic carbocycles. The molecule has 30 heavy (non-hydrogen) atoms. The third kappa shape index (κ3) is 4.83. The zero-order valence-corrected chi connectivity index (χ0v) is 18.0. The summed E-state index contributed by atoms with van der Waals surface area (Å²) in [5.74, 6) is 0.0207. The lowest BCUT2D eigenvalue weighted by Crippen LogP contribution is -2.28. The molecule has 0 bridgehead atoms. The summed E-state index contributed by atoms with van der Waals surface area (Å²) in [6.45, 7) is 3.15. The van der Waals surface area contributed by atoms with Crippen LogP contribution in [0, 0.1) is 0 Å². The minimum Gasteiger partial charge on any atom is -0.285 e. The number of sulfonamides is 1. The van der Waals surface area contributed by atoms with Gasteiger partial charge in [-0.2, -0.15) is 0 Å². The van der Waals surface area contributed by atoms with Crippen LogP contribution in [0.15, 0.2) is 72.0 Å². The predicted octanol–water partition coefficient (Wildman–Crippen LogP) is 3.95. The highest BCUT2D eigenvalue weighted by Gasteiger charge is 2.16. The molecule has 1 atom stereocenters. The van der Waals surface area contributed by atoms with Crippen molar-refractivity contribution in [1.29, 1.82) is 0 Å². The quantitative estimate of drug-likeness (QED) is 0.630. The SMILES string of the molecule is CC1=NCc2ccc(-c3cncc(C[C@@H](CNS(C)(=O)=O)c4ccccc4)c3)cc21. The molecule has 1 N–H and O–H groups in total. The Hall–Kier alpha value is -2.83. The second kappa shape index (κ2) is 8.50. The average molecular weight is 420 g/mol. The fourth-order valence-corrected chi connectivity index (χ4v) is 4.35. The van der Waals surface area contributed by atoms with Crippen molar-refractivity contribution < 1.29 is 8.42 Å². The Labute approximate surface area is 178 Å². The monoisotopic (exact) mass is 419 g/mol. The van der Waals surface area contributed by atoms with E-state index in [0.29, 0.717) is 13.0 Å². The van der Waals surface area contributed by atoms with E-state index in [1.807, 2.05) is 49.6 Å². The van der Waals surface area contributed by atoms with E-state index in [1.165, 1.54) is 17.4 Å². The summed E-state index contributed by atoms with van der Waals surface area (Å²) >= 11 is 0. The molecule has 6 heteroatoms. The maximum Gasteiger partial charge on any atom is 0.208 e. The number of hydrogen-bond donors (Lipinski definition) is 1. The van der Waals surface area contributed by atoms with E-state index in [2.05, 4.69) is 39.0 Å². The molecule has 4 rings (SSSR count). The van der Waals surface area contributed by atoms with E-state index in [9.17, 15) is 8.42 Å². The Morgan fingerprint density at radius 1 is 1.03 bits per heavy atom. The van der Waals surface area contributed by atoms with Crippen LogP contribution in [-0.2, 0) is 23.0 Å². The summed E-state index contributed by atoms with van der Waals surface area (Å²) in [5.41, 5.74) is 7.88. The summed E-state index contributed by atoms with van der Waals surface area (Å²) < 4.78 is 25.9. The molecule has 1 aliphatic heterocycles. The summed E-state index contributed by atoms with van der Waals surface area (Å²) in [5, 5.41) is 0. The number of fused-ring (bicyclic) bond motifs is 1. The third-order valence-electron chi connectivity index (χ3n) is 5.46. The van der Waals surface area contributed by atoms with Crippen LogP contribution in [-0.4, -0.2) is 31.9 Å². The van der Waals surface area contributed by atoms with Crippen LogP contribution < -0.4 is 4.72 Å². The second-order valence-electron chi connectivity index (χ2n) is 7.79. The smallest absolute Gasteiger partial charge is 0.208 e. The van der Waals surface area contributed by atoms with Crippen molar-refractivity contribution in [2.45, 2.75) is 25.8 Å². The minimum atomic E-state index is -3.26. The molecule has 3 aromatic rings. The molecule has 0 saturated carbocycles. The van der Waals surface area contributed by atoms with Crippen LogP contribution in [0.5, 0.6) is 0 Å². The Morgan fingerprint density at radius 3 is 2.60 bits per heavy atom. The first-order valence-corrected chi connectivity index (χ1v) is 11.9. The van der Waals surface area contributed by atoms with Crippen LogP contribution in [0.2, 0.25) is 0 Å². The summed E-state index contributed by atoms with van der Waals surface area (Å²) in [7, 11) is -3.26.